The van der Waals surface area contributed by atoms with Crippen molar-refractivity contribution in [1.29, 1.82) is 5.41 Å². The van der Waals surface area contributed by atoms with E-state index in [1.165, 1.54) is 12.1 Å². The fourth-order valence-electron chi connectivity index (χ4n) is 2.14. The third-order valence-corrected chi connectivity index (χ3v) is 3.27. The molecule has 0 aliphatic carbocycles. The molecule has 0 heterocycles. The van der Waals surface area contributed by atoms with E-state index in [-0.39, 0.29) is 17.1 Å². The Morgan fingerprint density at radius 3 is 1.21 bits per heavy atom. The molecule has 7 heteroatoms. The van der Waals surface area contributed by atoms with Crippen LogP contribution in [-0.4, -0.2) is 17.9 Å². The third kappa shape index (κ3) is 6.30. The molecule has 0 fully saturated rings. The fraction of sp³-hybridized carbons (Fsp3) is 0. The van der Waals surface area contributed by atoms with Gasteiger partial charge in [0, 0.05) is 0 Å². The van der Waals surface area contributed by atoms with Crippen molar-refractivity contribution in [2.75, 3.05) is 0 Å². The van der Waals surface area contributed by atoms with Gasteiger partial charge in [-0.15, -0.1) is 0 Å². The van der Waals surface area contributed by atoms with Crippen molar-refractivity contribution in [2.24, 2.45) is 11.5 Å². The van der Waals surface area contributed by atoms with Gasteiger partial charge in [-0.05, 0) is 36.4 Å². The molecule has 0 saturated carbocycles. The number of carbonyl (C=O) groups is 2. The summed E-state index contributed by atoms with van der Waals surface area (Å²) in [6.45, 7) is 0. The predicted molar refractivity (Wildman–Crippen MR) is 105 cm³/mol. The summed E-state index contributed by atoms with van der Waals surface area (Å²) in [4.78, 5) is 24.7. The largest absolute Gasteiger partial charge is 0.423 e. The molecule has 0 aromatic heterocycles. The topological polar surface area (TPSA) is 128 Å². The van der Waals surface area contributed by atoms with Gasteiger partial charge in [0.2, 0.25) is 0 Å². The Labute approximate surface area is 162 Å². The van der Waals surface area contributed by atoms with E-state index in [2.05, 4.69) is 11.5 Å². The SMILES string of the molecule is N=C(N)N.O=C(Oc1ccccc1)c1ccccc1C(=O)Oc1ccccc1. The molecule has 3 rings (SSSR count). The zero-order valence-electron chi connectivity index (χ0n) is 14.9. The molecule has 0 spiro atoms. The summed E-state index contributed by atoms with van der Waals surface area (Å²) in [5, 5.41) is 6.06. The molecule has 7 nitrogen and oxygen atoms in total. The van der Waals surface area contributed by atoms with Crippen LogP contribution in [0.15, 0.2) is 84.9 Å². The second kappa shape index (κ2) is 10.1. The van der Waals surface area contributed by atoms with Crippen LogP contribution < -0.4 is 20.9 Å². The Hall–Kier alpha value is -4.13. The molecule has 5 N–H and O–H groups in total. The molecule has 0 radical (unpaired) electrons. The van der Waals surface area contributed by atoms with Crippen LogP contribution in [0, 0.1) is 5.41 Å². The average Bonchev–Trinajstić information content (AvgIpc) is 2.69. The van der Waals surface area contributed by atoms with Gasteiger partial charge in [0.1, 0.15) is 11.5 Å². The van der Waals surface area contributed by atoms with Gasteiger partial charge in [0.25, 0.3) is 0 Å². The van der Waals surface area contributed by atoms with Crippen LogP contribution in [0.5, 0.6) is 11.5 Å². The van der Waals surface area contributed by atoms with Crippen molar-refractivity contribution < 1.29 is 19.1 Å². The minimum absolute atomic E-state index is 0.155. The number of hydrogen-bond donors (Lipinski definition) is 3. The maximum absolute atomic E-state index is 12.4. The Bertz CT molecular complexity index is 868. The minimum Gasteiger partial charge on any atom is -0.423 e. The second-order valence-electron chi connectivity index (χ2n) is 5.41. The van der Waals surface area contributed by atoms with Crippen molar-refractivity contribution in [3.63, 3.8) is 0 Å². The molecule has 0 unspecified atom stereocenters. The quantitative estimate of drug-likeness (QED) is 0.277. The van der Waals surface area contributed by atoms with Gasteiger partial charge in [-0.3, -0.25) is 5.41 Å². The van der Waals surface area contributed by atoms with Crippen LogP contribution in [0.1, 0.15) is 20.7 Å². The van der Waals surface area contributed by atoms with Crippen molar-refractivity contribution in [1.82, 2.24) is 0 Å². The molecule has 0 aliphatic rings. The number of esters is 2. The molecule has 3 aromatic carbocycles. The maximum Gasteiger partial charge on any atom is 0.344 e. The van der Waals surface area contributed by atoms with Crippen molar-refractivity contribution in [3.8, 4) is 11.5 Å². The number of nitrogens with one attached hydrogen (secondary N) is 1. The monoisotopic (exact) mass is 377 g/mol. The lowest BCUT2D eigenvalue weighted by atomic mass is 10.1. The highest BCUT2D eigenvalue weighted by Gasteiger charge is 2.20. The van der Waals surface area contributed by atoms with Crippen LogP contribution in [0.4, 0.5) is 0 Å². The van der Waals surface area contributed by atoms with Gasteiger partial charge in [0.05, 0.1) is 11.1 Å². The molecule has 0 amide bonds. The molecule has 0 atom stereocenters. The highest BCUT2D eigenvalue weighted by molar-refractivity contribution is 6.04. The van der Waals surface area contributed by atoms with E-state index >= 15 is 0 Å². The number of carbonyl (C=O) groups excluding carboxylic acids is 2. The Kier molecular flexibility index (Phi) is 7.30. The molecule has 0 aliphatic heterocycles. The van der Waals surface area contributed by atoms with E-state index in [4.69, 9.17) is 14.9 Å². The third-order valence-electron chi connectivity index (χ3n) is 3.27. The van der Waals surface area contributed by atoms with E-state index in [0.29, 0.717) is 11.5 Å². The first-order valence-electron chi connectivity index (χ1n) is 8.20. The molecule has 0 saturated heterocycles. The smallest absolute Gasteiger partial charge is 0.344 e. The van der Waals surface area contributed by atoms with Gasteiger partial charge in [0.15, 0.2) is 5.96 Å². The van der Waals surface area contributed by atoms with Crippen molar-refractivity contribution >= 4 is 17.9 Å². The summed E-state index contributed by atoms with van der Waals surface area (Å²) in [6, 6.07) is 23.8. The summed E-state index contributed by atoms with van der Waals surface area (Å²) >= 11 is 0. The lowest BCUT2D eigenvalue weighted by molar-refractivity contribution is 0.0692. The predicted octanol–water partition coefficient (Wildman–Crippen LogP) is 2.96. The van der Waals surface area contributed by atoms with E-state index in [9.17, 15) is 9.59 Å². The van der Waals surface area contributed by atoms with Crippen LogP contribution >= 0.6 is 0 Å². The van der Waals surface area contributed by atoms with Gasteiger partial charge in [-0.2, -0.15) is 0 Å². The number of hydrogen-bond acceptors (Lipinski definition) is 5. The zero-order valence-corrected chi connectivity index (χ0v) is 14.9. The van der Waals surface area contributed by atoms with E-state index < -0.39 is 11.9 Å². The van der Waals surface area contributed by atoms with Crippen molar-refractivity contribution in [2.45, 2.75) is 0 Å². The minimum atomic E-state index is -0.609. The first kappa shape index (κ1) is 20.2. The highest BCUT2D eigenvalue weighted by atomic mass is 16.5. The molecule has 3 aromatic rings. The van der Waals surface area contributed by atoms with Crippen molar-refractivity contribution in [3.05, 3.63) is 96.1 Å². The Morgan fingerprint density at radius 2 is 0.893 bits per heavy atom. The number of para-hydroxylation sites is 2. The second-order valence-corrected chi connectivity index (χ2v) is 5.41. The van der Waals surface area contributed by atoms with Crippen LogP contribution in [-0.2, 0) is 0 Å². The Balaban J connectivity index is 0.000000640. The van der Waals surface area contributed by atoms with Gasteiger partial charge in [-0.25, -0.2) is 9.59 Å². The number of rotatable bonds is 4. The normalized spacial score (nSPS) is 9.43. The Morgan fingerprint density at radius 1 is 0.607 bits per heavy atom. The summed E-state index contributed by atoms with van der Waals surface area (Å²) in [5.74, 6) is -0.730. The highest BCUT2D eigenvalue weighted by Crippen LogP contribution is 2.17. The summed E-state index contributed by atoms with van der Waals surface area (Å²) < 4.78 is 10.6. The van der Waals surface area contributed by atoms with E-state index in [1.54, 1.807) is 60.7 Å². The number of ether oxygens (including phenoxy) is 2. The van der Waals surface area contributed by atoms with E-state index in [0.717, 1.165) is 0 Å². The molecule has 142 valence electrons. The van der Waals surface area contributed by atoms with Gasteiger partial charge in [-0.1, -0.05) is 48.5 Å². The lowest BCUT2D eigenvalue weighted by Crippen LogP contribution is -2.20. The van der Waals surface area contributed by atoms with Gasteiger partial charge >= 0.3 is 11.9 Å². The van der Waals surface area contributed by atoms with Crippen LogP contribution in [0.25, 0.3) is 0 Å². The lowest BCUT2D eigenvalue weighted by Gasteiger charge is -2.09. The summed E-state index contributed by atoms with van der Waals surface area (Å²) in [6.07, 6.45) is 0. The molecule has 28 heavy (non-hydrogen) atoms. The van der Waals surface area contributed by atoms with E-state index in [1.807, 2.05) is 12.1 Å². The van der Waals surface area contributed by atoms with Crippen LogP contribution in [0.2, 0.25) is 0 Å². The maximum atomic E-state index is 12.4. The number of benzene rings is 3. The molecular weight excluding hydrogens is 358 g/mol. The number of guanidine groups is 1. The first-order valence-corrected chi connectivity index (χ1v) is 8.20. The number of nitrogens with two attached hydrogens (primary N) is 2. The summed E-state index contributed by atoms with van der Waals surface area (Å²) in [7, 11) is 0. The van der Waals surface area contributed by atoms with Gasteiger partial charge < -0.3 is 20.9 Å². The molecule has 0 bridgehead atoms. The average molecular weight is 377 g/mol. The zero-order chi connectivity index (χ0) is 20.4. The fourth-order valence-corrected chi connectivity index (χ4v) is 2.14. The molecular formula is C21H19N3O4. The summed E-state index contributed by atoms with van der Waals surface area (Å²) in [5.41, 5.74) is 9.25. The standard InChI is InChI=1S/C20H14O4.CH5N3/c21-19(23-15-9-3-1-4-10-15)17-13-7-8-14-18(17)20(22)24-16-11-5-2-6-12-16;2-1(3)4/h1-14H;(H5,2,3,4). The van der Waals surface area contributed by atoms with Crippen LogP contribution in [0.3, 0.4) is 0 Å². The first-order chi connectivity index (χ1) is 13.5.